The number of nitrogens with zero attached hydrogens (tertiary/aromatic N) is 1. The zero-order chi connectivity index (χ0) is 25.8. The molecule has 1 saturated heterocycles. The first-order chi connectivity index (χ1) is 16.7. The molecule has 1 aliphatic rings. The maximum absolute atomic E-state index is 13.2. The average molecular weight is 496 g/mol. The number of carboxylic acids is 2. The first kappa shape index (κ1) is 27.7. The first-order valence-corrected chi connectivity index (χ1v) is 11.5. The van der Waals surface area contributed by atoms with Crippen molar-refractivity contribution in [1.82, 2.24) is 31.2 Å². The molecule has 1 aliphatic heterocycles. The lowest BCUT2D eigenvalue weighted by molar-refractivity contribution is -0.147. The predicted octanol–water partition coefficient (Wildman–Crippen LogP) is -2.15. The van der Waals surface area contributed by atoms with Crippen LogP contribution in [0.25, 0.3) is 0 Å². The summed E-state index contributed by atoms with van der Waals surface area (Å²) in [5.74, 6) is -4.75. The van der Waals surface area contributed by atoms with Crippen molar-refractivity contribution < 1.29 is 34.2 Å². The van der Waals surface area contributed by atoms with E-state index < -0.39 is 54.3 Å². The van der Waals surface area contributed by atoms with Gasteiger partial charge in [0.2, 0.25) is 17.7 Å². The zero-order valence-corrected chi connectivity index (χ0v) is 19.3. The Morgan fingerprint density at radius 2 is 1.77 bits per heavy atom. The monoisotopic (exact) mass is 495 g/mol. The quantitative estimate of drug-likeness (QED) is 0.123. The lowest BCUT2D eigenvalue weighted by Gasteiger charge is -2.25. The highest BCUT2D eigenvalue weighted by molar-refractivity contribution is 5.94. The molecule has 9 N–H and O–H groups in total. The van der Waals surface area contributed by atoms with Crippen LogP contribution in [0.3, 0.4) is 0 Å². The molecule has 4 atom stereocenters. The molecule has 2 heterocycles. The van der Waals surface area contributed by atoms with Gasteiger partial charge in [0, 0.05) is 18.3 Å². The van der Waals surface area contributed by atoms with Crippen LogP contribution < -0.4 is 27.0 Å². The largest absolute Gasteiger partial charge is 0.481 e. The lowest BCUT2D eigenvalue weighted by atomic mass is 10.0. The van der Waals surface area contributed by atoms with Gasteiger partial charge in [-0.1, -0.05) is 0 Å². The number of imidazole rings is 1. The van der Waals surface area contributed by atoms with E-state index in [4.69, 9.17) is 10.8 Å². The van der Waals surface area contributed by atoms with Crippen molar-refractivity contribution in [2.75, 3.05) is 13.1 Å². The van der Waals surface area contributed by atoms with Crippen LogP contribution in [-0.2, 0) is 30.4 Å². The summed E-state index contributed by atoms with van der Waals surface area (Å²) >= 11 is 0. The van der Waals surface area contributed by atoms with Crippen molar-refractivity contribution in [3.8, 4) is 0 Å². The highest BCUT2D eigenvalue weighted by Gasteiger charge is 2.32. The van der Waals surface area contributed by atoms with E-state index in [0.29, 0.717) is 38.0 Å². The third kappa shape index (κ3) is 9.33. The highest BCUT2D eigenvalue weighted by Crippen LogP contribution is 2.08. The van der Waals surface area contributed by atoms with Gasteiger partial charge in [0.25, 0.3) is 0 Å². The molecule has 1 aromatic rings. The summed E-state index contributed by atoms with van der Waals surface area (Å²) < 4.78 is 0. The third-order valence-electron chi connectivity index (χ3n) is 5.56. The van der Waals surface area contributed by atoms with E-state index in [-0.39, 0.29) is 18.7 Å². The Morgan fingerprint density at radius 1 is 1.06 bits per heavy atom. The summed E-state index contributed by atoms with van der Waals surface area (Å²) in [5.41, 5.74) is 6.10. The fourth-order valence-corrected chi connectivity index (χ4v) is 3.69. The summed E-state index contributed by atoms with van der Waals surface area (Å²) in [7, 11) is 0. The molecule has 1 fully saturated rings. The van der Waals surface area contributed by atoms with Gasteiger partial charge in [-0.15, -0.1) is 0 Å². The Morgan fingerprint density at radius 3 is 2.34 bits per heavy atom. The van der Waals surface area contributed by atoms with Gasteiger partial charge in [-0.3, -0.25) is 19.2 Å². The summed E-state index contributed by atoms with van der Waals surface area (Å²) in [6, 6.07) is -4.29. The molecule has 14 nitrogen and oxygen atoms in total. The Kier molecular flexibility index (Phi) is 11.1. The number of nitrogens with one attached hydrogen (secondary N) is 5. The topological polar surface area (TPSA) is 229 Å². The number of aromatic amines is 1. The van der Waals surface area contributed by atoms with Crippen molar-refractivity contribution >= 4 is 29.7 Å². The lowest BCUT2D eigenvalue weighted by Crippen LogP contribution is -2.57. The molecule has 0 aromatic carbocycles. The van der Waals surface area contributed by atoms with Crippen LogP contribution in [0.4, 0.5) is 0 Å². The average Bonchev–Trinajstić information content (AvgIpc) is 3.51. The number of unbranched alkanes of at least 4 members (excludes halogenated alkanes) is 1. The number of aliphatic carboxylic acids is 2. The van der Waals surface area contributed by atoms with Gasteiger partial charge in [-0.05, 0) is 45.2 Å². The zero-order valence-electron chi connectivity index (χ0n) is 19.3. The number of carbonyl (C=O) groups is 5. The van der Waals surface area contributed by atoms with Gasteiger partial charge >= 0.3 is 11.9 Å². The smallest absolute Gasteiger partial charge is 0.326 e. The number of rotatable bonds is 15. The van der Waals surface area contributed by atoms with E-state index >= 15 is 0 Å². The molecule has 14 heteroatoms. The van der Waals surface area contributed by atoms with Crippen LogP contribution in [0.5, 0.6) is 0 Å². The van der Waals surface area contributed by atoms with E-state index in [1.54, 1.807) is 0 Å². The molecule has 35 heavy (non-hydrogen) atoms. The molecule has 0 bridgehead atoms. The molecule has 194 valence electrons. The van der Waals surface area contributed by atoms with Crippen molar-refractivity contribution in [2.45, 2.75) is 69.1 Å². The number of hydrogen-bond donors (Lipinski definition) is 8. The molecule has 0 radical (unpaired) electrons. The Hall–Kier alpha value is -3.52. The van der Waals surface area contributed by atoms with Gasteiger partial charge < -0.3 is 42.2 Å². The van der Waals surface area contributed by atoms with Crippen molar-refractivity contribution in [3.05, 3.63) is 18.2 Å². The second-order valence-electron chi connectivity index (χ2n) is 8.33. The van der Waals surface area contributed by atoms with Crippen molar-refractivity contribution in [2.24, 2.45) is 5.73 Å². The number of aromatic nitrogens is 2. The minimum absolute atomic E-state index is 0.0815. The number of carboxylic acid groups (broad SMARTS) is 2. The second kappa shape index (κ2) is 14.0. The van der Waals surface area contributed by atoms with Crippen molar-refractivity contribution in [3.63, 3.8) is 0 Å². The van der Waals surface area contributed by atoms with E-state index in [9.17, 15) is 29.1 Å². The molecule has 0 spiro atoms. The molecule has 2 rings (SSSR count). The van der Waals surface area contributed by atoms with Crippen LogP contribution in [0.15, 0.2) is 12.5 Å². The molecule has 1 aromatic heterocycles. The van der Waals surface area contributed by atoms with E-state index in [1.165, 1.54) is 12.5 Å². The predicted molar refractivity (Wildman–Crippen MR) is 122 cm³/mol. The van der Waals surface area contributed by atoms with Gasteiger partial charge in [-0.2, -0.15) is 0 Å². The fraction of sp³-hybridized carbons (Fsp3) is 0.619. The number of carbonyl (C=O) groups excluding carboxylic acids is 3. The molecule has 3 amide bonds. The maximum Gasteiger partial charge on any atom is 0.326 e. The standard InChI is InChI=1S/C21H33N7O7/c22-6-2-1-4-14(19(32)28-16(21(34)35)9-17(29)30)26-20(33)15(8-12-10-23-11-25-12)27-18(31)13-5-3-7-24-13/h10-11,13-16,24H,1-9,22H2,(H,23,25)(H,26,33)(H,27,31)(H,28,32)(H,29,30)(H,34,35). The first-order valence-electron chi connectivity index (χ1n) is 11.5. The Balaban J connectivity index is 2.14. The Labute approximate surface area is 201 Å². The van der Waals surface area contributed by atoms with Crippen LogP contribution in [0.2, 0.25) is 0 Å². The summed E-state index contributed by atoms with van der Waals surface area (Å²) in [5, 5.41) is 28.7. The van der Waals surface area contributed by atoms with Crippen LogP contribution >= 0.6 is 0 Å². The van der Waals surface area contributed by atoms with Gasteiger partial charge in [0.1, 0.15) is 18.1 Å². The van der Waals surface area contributed by atoms with Gasteiger partial charge in [0.05, 0.1) is 18.8 Å². The van der Waals surface area contributed by atoms with E-state index in [1.807, 2.05) is 0 Å². The third-order valence-corrected chi connectivity index (χ3v) is 5.56. The molecular formula is C21H33N7O7. The Bertz CT molecular complexity index is 871. The van der Waals surface area contributed by atoms with Crippen LogP contribution in [0, 0.1) is 0 Å². The number of amides is 3. The summed E-state index contributed by atoms with van der Waals surface area (Å²) in [4.78, 5) is 67.7. The summed E-state index contributed by atoms with van der Waals surface area (Å²) in [6.45, 7) is 1.05. The highest BCUT2D eigenvalue weighted by atomic mass is 16.4. The second-order valence-corrected chi connectivity index (χ2v) is 8.33. The van der Waals surface area contributed by atoms with Gasteiger partial charge in [0.15, 0.2) is 0 Å². The fourth-order valence-electron chi connectivity index (χ4n) is 3.69. The van der Waals surface area contributed by atoms with Crippen LogP contribution in [-0.4, -0.2) is 87.1 Å². The summed E-state index contributed by atoms with van der Waals surface area (Å²) in [6.07, 6.45) is 4.82. The van der Waals surface area contributed by atoms with E-state index in [0.717, 1.165) is 6.42 Å². The maximum atomic E-state index is 13.2. The van der Waals surface area contributed by atoms with Gasteiger partial charge in [-0.25, -0.2) is 9.78 Å². The minimum Gasteiger partial charge on any atom is -0.481 e. The molecule has 4 unspecified atom stereocenters. The van der Waals surface area contributed by atoms with Crippen LogP contribution in [0.1, 0.15) is 44.2 Å². The number of nitrogens with two attached hydrogens (primary N) is 1. The molecule has 0 aliphatic carbocycles. The van der Waals surface area contributed by atoms with E-state index in [2.05, 4.69) is 31.2 Å². The SMILES string of the molecule is NCCCCC(NC(=O)C(Cc1cnc[nH]1)NC(=O)C1CCCN1)C(=O)NC(CC(=O)O)C(=O)O. The molecule has 0 saturated carbocycles. The molecular weight excluding hydrogens is 462 g/mol. The normalized spacial score (nSPS) is 17.7. The van der Waals surface area contributed by atoms with Crippen molar-refractivity contribution in [1.29, 1.82) is 0 Å². The number of hydrogen-bond acceptors (Lipinski definition) is 8. The number of H-pyrrole nitrogens is 1. The minimum atomic E-state index is -1.66.